The fraction of sp³-hybridized carbons (Fsp3) is 0.611. The Morgan fingerprint density at radius 2 is 2.08 bits per heavy atom. The molecule has 1 amide bonds. The molecule has 0 saturated carbocycles. The zero-order valence-electron chi connectivity index (χ0n) is 14.5. The summed E-state index contributed by atoms with van der Waals surface area (Å²) in [4.78, 5) is 12.2. The van der Waals surface area contributed by atoms with Crippen LogP contribution in [0.4, 0.5) is 13.2 Å². The first-order chi connectivity index (χ1) is 11.3. The molecule has 0 spiro atoms. The summed E-state index contributed by atoms with van der Waals surface area (Å²) in [5, 5.41) is 6.16. The summed E-state index contributed by atoms with van der Waals surface area (Å²) in [6.07, 6.45) is -1.74. The van der Waals surface area contributed by atoms with Crippen molar-refractivity contribution in [2.24, 2.45) is 11.8 Å². The van der Waals surface area contributed by atoms with Crippen molar-refractivity contribution in [3.05, 3.63) is 35.4 Å². The molecular weight excluding hydrogens is 353 g/mol. The van der Waals surface area contributed by atoms with E-state index >= 15 is 0 Å². The summed E-state index contributed by atoms with van der Waals surface area (Å²) < 4.78 is 38.3. The average molecular weight is 379 g/mol. The second-order valence-corrected chi connectivity index (χ2v) is 6.70. The number of hydrogen-bond acceptors (Lipinski definition) is 2. The smallest absolute Gasteiger partial charge is 0.350 e. The Morgan fingerprint density at radius 3 is 2.68 bits per heavy atom. The molecule has 1 aromatic carbocycles. The van der Waals surface area contributed by atoms with Crippen LogP contribution < -0.4 is 10.6 Å². The molecule has 0 bridgehead atoms. The SMILES string of the molecule is CC(NC(=O)CC(C)C1CCCNC1)c1cccc(C(F)(F)F)c1.Cl. The second-order valence-electron chi connectivity index (χ2n) is 6.70. The lowest BCUT2D eigenvalue weighted by atomic mass is 9.85. The van der Waals surface area contributed by atoms with Gasteiger partial charge >= 0.3 is 6.18 Å². The van der Waals surface area contributed by atoms with Crippen LogP contribution in [-0.4, -0.2) is 19.0 Å². The van der Waals surface area contributed by atoms with Gasteiger partial charge < -0.3 is 10.6 Å². The van der Waals surface area contributed by atoms with Crippen LogP contribution in [0.15, 0.2) is 24.3 Å². The minimum Gasteiger partial charge on any atom is -0.350 e. The van der Waals surface area contributed by atoms with Crippen molar-refractivity contribution in [3.8, 4) is 0 Å². The Kier molecular flexibility index (Phi) is 8.22. The lowest BCUT2D eigenvalue weighted by Gasteiger charge is -2.28. The fourth-order valence-corrected chi connectivity index (χ4v) is 3.19. The Labute approximate surface area is 153 Å². The highest BCUT2D eigenvalue weighted by molar-refractivity contribution is 5.85. The third-order valence-corrected chi connectivity index (χ3v) is 4.74. The Morgan fingerprint density at radius 1 is 1.36 bits per heavy atom. The minimum absolute atomic E-state index is 0. The number of carbonyl (C=O) groups excluding carboxylic acids is 1. The zero-order chi connectivity index (χ0) is 17.7. The van der Waals surface area contributed by atoms with Crippen LogP contribution in [0, 0.1) is 11.8 Å². The number of benzene rings is 1. The normalized spacial score (nSPS) is 20.3. The molecule has 1 fully saturated rings. The maximum absolute atomic E-state index is 12.8. The van der Waals surface area contributed by atoms with Gasteiger partial charge in [0.15, 0.2) is 0 Å². The quantitative estimate of drug-likeness (QED) is 0.800. The molecule has 3 nitrogen and oxygen atoms in total. The van der Waals surface area contributed by atoms with Crippen molar-refractivity contribution < 1.29 is 18.0 Å². The highest BCUT2D eigenvalue weighted by Gasteiger charge is 2.31. The van der Waals surface area contributed by atoms with E-state index in [1.165, 1.54) is 6.07 Å². The zero-order valence-corrected chi connectivity index (χ0v) is 15.3. The molecule has 1 aromatic rings. The van der Waals surface area contributed by atoms with E-state index in [4.69, 9.17) is 0 Å². The predicted octanol–water partition coefficient (Wildman–Crippen LogP) is 4.33. The number of rotatable bonds is 5. The van der Waals surface area contributed by atoms with Gasteiger partial charge in [-0.2, -0.15) is 13.2 Å². The van der Waals surface area contributed by atoms with Crippen LogP contribution in [0.2, 0.25) is 0 Å². The molecule has 1 saturated heterocycles. The Bertz CT molecular complexity index is 559. The molecule has 142 valence electrons. The van der Waals surface area contributed by atoms with Gasteiger partial charge in [0.1, 0.15) is 0 Å². The summed E-state index contributed by atoms with van der Waals surface area (Å²) in [7, 11) is 0. The molecule has 25 heavy (non-hydrogen) atoms. The molecule has 2 rings (SSSR count). The van der Waals surface area contributed by atoms with E-state index in [-0.39, 0.29) is 24.2 Å². The maximum Gasteiger partial charge on any atom is 0.416 e. The van der Waals surface area contributed by atoms with E-state index in [2.05, 4.69) is 17.6 Å². The molecule has 3 atom stereocenters. The van der Waals surface area contributed by atoms with Crippen molar-refractivity contribution in [2.75, 3.05) is 13.1 Å². The minimum atomic E-state index is -4.37. The maximum atomic E-state index is 12.8. The van der Waals surface area contributed by atoms with Crippen LogP contribution in [-0.2, 0) is 11.0 Å². The number of piperidine rings is 1. The molecule has 0 radical (unpaired) electrons. The molecule has 1 aliphatic rings. The summed E-state index contributed by atoms with van der Waals surface area (Å²) in [6.45, 7) is 5.73. The van der Waals surface area contributed by atoms with E-state index in [0.29, 0.717) is 17.9 Å². The molecule has 1 aliphatic heterocycles. The second kappa shape index (κ2) is 9.43. The van der Waals surface area contributed by atoms with Gasteiger partial charge in [-0.15, -0.1) is 12.4 Å². The third kappa shape index (κ3) is 6.51. The summed E-state index contributed by atoms with van der Waals surface area (Å²) >= 11 is 0. The first kappa shape index (κ1) is 21.8. The van der Waals surface area contributed by atoms with Crippen molar-refractivity contribution >= 4 is 18.3 Å². The van der Waals surface area contributed by atoms with E-state index in [1.54, 1.807) is 13.0 Å². The van der Waals surface area contributed by atoms with Crippen LogP contribution in [0.5, 0.6) is 0 Å². The average Bonchev–Trinajstić information content (AvgIpc) is 2.54. The first-order valence-corrected chi connectivity index (χ1v) is 8.44. The number of amides is 1. The highest BCUT2D eigenvalue weighted by atomic mass is 35.5. The van der Waals surface area contributed by atoms with E-state index in [0.717, 1.165) is 38.1 Å². The summed E-state index contributed by atoms with van der Waals surface area (Å²) in [5.74, 6) is 0.623. The van der Waals surface area contributed by atoms with Crippen molar-refractivity contribution in [2.45, 2.75) is 45.3 Å². The van der Waals surface area contributed by atoms with Gasteiger partial charge in [0, 0.05) is 6.42 Å². The molecule has 7 heteroatoms. The first-order valence-electron chi connectivity index (χ1n) is 8.44. The van der Waals surface area contributed by atoms with Crippen LogP contribution in [0.1, 0.15) is 50.3 Å². The number of carbonyl (C=O) groups is 1. The van der Waals surface area contributed by atoms with Crippen molar-refractivity contribution in [3.63, 3.8) is 0 Å². The number of nitrogens with one attached hydrogen (secondary N) is 2. The molecule has 0 aromatic heterocycles. The van der Waals surface area contributed by atoms with Gasteiger partial charge in [0.2, 0.25) is 5.91 Å². The van der Waals surface area contributed by atoms with Gasteiger partial charge in [-0.3, -0.25) is 4.79 Å². The number of alkyl halides is 3. The Hall–Kier alpha value is -1.27. The largest absolute Gasteiger partial charge is 0.416 e. The summed E-state index contributed by atoms with van der Waals surface area (Å²) in [5.41, 5.74) is -0.229. The van der Waals surface area contributed by atoms with Crippen LogP contribution in [0.3, 0.4) is 0 Å². The van der Waals surface area contributed by atoms with Crippen molar-refractivity contribution in [1.82, 2.24) is 10.6 Å². The lowest BCUT2D eigenvalue weighted by molar-refractivity contribution is -0.137. The van der Waals surface area contributed by atoms with Gasteiger partial charge in [-0.05, 0) is 62.4 Å². The third-order valence-electron chi connectivity index (χ3n) is 4.74. The molecule has 0 aliphatic carbocycles. The van der Waals surface area contributed by atoms with Crippen molar-refractivity contribution in [1.29, 1.82) is 0 Å². The summed E-state index contributed by atoms with van der Waals surface area (Å²) in [6, 6.07) is 4.66. The highest BCUT2D eigenvalue weighted by Crippen LogP contribution is 2.31. The molecule has 1 heterocycles. The van der Waals surface area contributed by atoms with E-state index in [1.807, 2.05) is 0 Å². The van der Waals surface area contributed by atoms with Crippen LogP contribution in [0.25, 0.3) is 0 Å². The number of hydrogen-bond donors (Lipinski definition) is 2. The monoisotopic (exact) mass is 378 g/mol. The van der Waals surface area contributed by atoms with E-state index in [9.17, 15) is 18.0 Å². The fourth-order valence-electron chi connectivity index (χ4n) is 3.19. The number of halogens is 4. The van der Waals surface area contributed by atoms with Crippen LogP contribution >= 0.6 is 12.4 Å². The lowest BCUT2D eigenvalue weighted by Crippen LogP contribution is -2.36. The Balaban J connectivity index is 0.00000312. The standard InChI is InChI=1S/C18H25F3N2O.ClH/c1-12(15-6-4-8-22-11-15)9-17(24)23-13(2)14-5-3-7-16(10-14)18(19,20)21;/h3,5,7,10,12-13,15,22H,4,6,8-9,11H2,1-2H3,(H,23,24);1H. The molecule has 2 N–H and O–H groups in total. The van der Waals surface area contributed by atoms with Gasteiger partial charge in [-0.1, -0.05) is 19.1 Å². The van der Waals surface area contributed by atoms with Gasteiger partial charge in [0.25, 0.3) is 0 Å². The predicted molar refractivity (Wildman–Crippen MR) is 94.6 cm³/mol. The van der Waals surface area contributed by atoms with Gasteiger partial charge in [0.05, 0.1) is 11.6 Å². The topological polar surface area (TPSA) is 41.1 Å². The molecular formula is C18H26ClF3N2O. The van der Waals surface area contributed by atoms with Gasteiger partial charge in [-0.25, -0.2) is 0 Å². The van der Waals surface area contributed by atoms with E-state index < -0.39 is 17.8 Å². The molecule has 3 unspecified atom stereocenters.